The molecule has 0 heterocycles. The number of nitrogens with one attached hydrogen (secondary N) is 2. The van der Waals surface area contributed by atoms with Crippen molar-refractivity contribution in [3.63, 3.8) is 0 Å². The quantitative estimate of drug-likeness (QED) is 0.681. The first-order valence-electron chi connectivity index (χ1n) is 6.83. The summed E-state index contributed by atoms with van der Waals surface area (Å²) in [5.41, 5.74) is 0. The standard InChI is InChI=1S/C13H27N3O/c1-16(2)10-9-14-13(17)11-15-12-7-5-3-4-6-8-12/h12,15H,3-11H2,1-2H3,(H,14,17). The van der Waals surface area contributed by atoms with Crippen molar-refractivity contribution in [2.75, 3.05) is 33.7 Å². The van der Waals surface area contributed by atoms with Gasteiger partial charge in [0.2, 0.25) is 5.91 Å². The maximum Gasteiger partial charge on any atom is 0.234 e. The third-order valence-electron chi connectivity index (χ3n) is 3.29. The summed E-state index contributed by atoms with van der Waals surface area (Å²) in [6.07, 6.45) is 7.77. The molecule has 4 heteroatoms. The highest BCUT2D eigenvalue weighted by molar-refractivity contribution is 5.77. The van der Waals surface area contributed by atoms with Crippen LogP contribution in [0.2, 0.25) is 0 Å². The molecule has 0 aromatic heterocycles. The Morgan fingerprint density at radius 3 is 2.41 bits per heavy atom. The van der Waals surface area contributed by atoms with Crippen LogP contribution in [0.25, 0.3) is 0 Å². The van der Waals surface area contributed by atoms with Crippen LogP contribution in [0, 0.1) is 0 Å². The molecule has 0 spiro atoms. The van der Waals surface area contributed by atoms with Gasteiger partial charge in [0, 0.05) is 19.1 Å². The van der Waals surface area contributed by atoms with Crippen molar-refractivity contribution < 1.29 is 4.79 Å². The number of rotatable bonds is 6. The van der Waals surface area contributed by atoms with Crippen molar-refractivity contribution in [1.29, 1.82) is 0 Å². The van der Waals surface area contributed by atoms with Gasteiger partial charge in [0.15, 0.2) is 0 Å². The van der Waals surface area contributed by atoms with Crippen LogP contribution in [-0.2, 0) is 4.79 Å². The summed E-state index contributed by atoms with van der Waals surface area (Å²) in [6.45, 7) is 2.10. The van der Waals surface area contributed by atoms with Gasteiger partial charge in [-0.05, 0) is 26.9 Å². The Morgan fingerprint density at radius 2 is 1.82 bits per heavy atom. The summed E-state index contributed by atoms with van der Waals surface area (Å²) in [5.74, 6) is 0.121. The van der Waals surface area contributed by atoms with Crippen molar-refractivity contribution >= 4 is 5.91 Å². The number of hydrogen-bond acceptors (Lipinski definition) is 3. The van der Waals surface area contributed by atoms with Gasteiger partial charge in [-0.15, -0.1) is 0 Å². The van der Waals surface area contributed by atoms with Crippen LogP contribution in [0.15, 0.2) is 0 Å². The van der Waals surface area contributed by atoms with E-state index in [9.17, 15) is 4.79 Å². The van der Waals surface area contributed by atoms with Crippen LogP contribution >= 0.6 is 0 Å². The fraction of sp³-hybridized carbons (Fsp3) is 0.923. The lowest BCUT2D eigenvalue weighted by atomic mass is 10.1. The third kappa shape index (κ3) is 7.34. The Hall–Kier alpha value is -0.610. The number of amides is 1. The molecule has 1 fully saturated rings. The lowest BCUT2D eigenvalue weighted by Gasteiger charge is -2.16. The minimum atomic E-state index is 0.121. The van der Waals surface area contributed by atoms with E-state index < -0.39 is 0 Å². The van der Waals surface area contributed by atoms with Gasteiger partial charge in [-0.3, -0.25) is 4.79 Å². The molecule has 1 aliphatic rings. The van der Waals surface area contributed by atoms with E-state index in [-0.39, 0.29) is 5.91 Å². The number of nitrogens with zero attached hydrogens (tertiary/aromatic N) is 1. The molecule has 4 nitrogen and oxygen atoms in total. The van der Waals surface area contributed by atoms with Crippen molar-refractivity contribution in [3.8, 4) is 0 Å². The zero-order valence-corrected chi connectivity index (χ0v) is 11.3. The Balaban J connectivity index is 2.05. The van der Waals surface area contributed by atoms with Gasteiger partial charge in [-0.25, -0.2) is 0 Å². The molecule has 0 radical (unpaired) electrons. The van der Waals surface area contributed by atoms with Crippen molar-refractivity contribution in [2.24, 2.45) is 0 Å². The van der Waals surface area contributed by atoms with Gasteiger partial charge in [0.1, 0.15) is 0 Å². The van der Waals surface area contributed by atoms with Gasteiger partial charge in [0.05, 0.1) is 6.54 Å². The van der Waals surface area contributed by atoms with Crippen molar-refractivity contribution in [3.05, 3.63) is 0 Å². The molecule has 0 unspecified atom stereocenters. The summed E-state index contributed by atoms with van der Waals surface area (Å²) in [4.78, 5) is 13.6. The highest BCUT2D eigenvalue weighted by Gasteiger charge is 2.12. The number of hydrogen-bond donors (Lipinski definition) is 2. The van der Waals surface area contributed by atoms with E-state index in [1.54, 1.807) is 0 Å². The second-order valence-corrected chi connectivity index (χ2v) is 5.22. The highest BCUT2D eigenvalue weighted by Crippen LogP contribution is 2.16. The zero-order chi connectivity index (χ0) is 12.5. The van der Waals surface area contributed by atoms with Crippen LogP contribution in [0.3, 0.4) is 0 Å². The second-order valence-electron chi connectivity index (χ2n) is 5.22. The molecule has 0 bridgehead atoms. The molecule has 0 aliphatic heterocycles. The van der Waals surface area contributed by atoms with Crippen LogP contribution in [0.5, 0.6) is 0 Å². The van der Waals surface area contributed by atoms with Gasteiger partial charge in [-0.1, -0.05) is 25.7 Å². The molecule has 0 saturated heterocycles. The van der Waals surface area contributed by atoms with Crippen LogP contribution in [0.4, 0.5) is 0 Å². The maximum absolute atomic E-state index is 11.6. The van der Waals surface area contributed by atoms with Crippen LogP contribution in [0.1, 0.15) is 38.5 Å². The lowest BCUT2D eigenvalue weighted by molar-refractivity contribution is -0.120. The second kappa shape index (κ2) is 8.48. The topological polar surface area (TPSA) is 44.4 Å². The highest BCUT2D eigenvalue weighted by atomic mass is 16.1. The predicted octanol–water partition coefficient (Wildman–Crippen LogP) is 0.977. The minimum absolute atomic E-state index is 0.121. The summed E-state index contributed by atoms with van der Waals surface area (Å²) >= 11 is 0. The smallest absolute Gasteiger partial charge is 0.234 e. The summed E-state index contributed by atoms with van der Waals surface area (Å²) in [7, 11) is 4.02. The molecular weight excluding hydrogens is 214 g/mol. The van der Waals surface area contributed by atoms with E-state index in [4.69, 9.17) is 0 Å². The van der Waals surface area contributed by atoms with Gasteiger partial charge in [0.25, 0.3) is 0 Å². The average molecular weight is 241 g/mol. The monoisotopic (exact) mass is 241 g/mol. The Bertz CT molecular complexity index is 211. The number of likely N-dealkylation sites (N-methyl/N-ethyl adjacent to an activating group) is 1. The molecule has 1 aliphatic carbocycles. The zero-order valence-electron chi connectivity index (χ0n) is 11.3. The summed E-state index contributed by atoms with van der Waals surface area (Å²) in [6, 6.07) is 0.553. The summed E-state index contributed by atoms with van der Waals surface area (Å²) in [5, 5.41) is 6.30. The van der Waals surface area contributed by atoms with Crippen molar-refractivity contribution in [2.45, 2.75) is 44.6 Å². The molecule has 17 heavy (non-hydrogen) atoms. The van der Waals surface area contributed by atoms with Crippen LogP contribution < -0.4 is 10.6 Å². The van der Waals surface area contributed by atoms with E-state index in [1.807, 2.05) is 14.1 Å². The van der Waals surface area contributed by atoms with E-state index >= 15 is 0 Å². The molecule has 2 N–H and O–H groups in total. The molecule has 0 atom stereocenters. The molecule has 100 valence electrons. The fourth-order valence-electron chi connectivity index (χ4n) is 2.20. The largest absolute Gasteiger partial charge is 0.354 e. The Labute approximate surface area is 105 Å². The van der Waals surface area contributed by atoms with E-state index in [0.29, 0.717) is 12.6 Å². The fourth-order valence-corrected chi connectivity index (χ4v) is 2.20. The molecule has 0 aromatic rings. The van der Waals surface area contributed by atoms with E-state index in [2.05, 4.69) is 15.5 Å². The maximum atomic E-state index is 11.6. The third-order valence-corrected chi connectivity index (χ3v) is 3.29. The molecular formula is C13H27N3O. The van der Waals surface area contributed by atoms with E-state index in [1.165, 1.54) is 38.5 Å². The summed E-state index contributed by atoms with van der Waals surface area (Å²) < 4.78 is 0. The molecule has 1 rings (SSSR count). The number of carbonyl (C=O) groups excluding carboxylic acids is 1. The average Bonchev–Trinajstić information content (AvgIpc) is 2.54. The predicted molar refractivity (Wildman–Crippen MR) is 71.1 cm³/mol. The molecule has 0 aromatic carbocycles. The van der Waals surface area contributed by atoms with Gasteiger partial charge >= 0.3 is 0 Å². The SMILES string of the molecule is CN(C)CCNC(=O)CNC1CCCCCC1. The first kappa shape index (κ1) is 14.5. The molecule has 1 saturated carbocycles. The lowest BCUT2D eigenvalue weighted by Crippen LogP contribution is -2.40. The van der Waals surface area contributed by atoms with Gasteiger partial charge in [-0.2, -0.15) is 0 Å². The first-order chi connectivity index (χ1) is 8.18. The Morgan fingerprint density at radius 1 is 1.18 bits per heavy atom. The minimum Gasteiger partial charge on any atom is -0.354 e. The first-order valence-corrected chi connectivity index (χ1v) is 6.83. The van der Waals surface area contributed by atoms with E-state index in [0.717, 1.165) is 13.1 Å². The number of carbonyl (C=O) groups is 1. The van der Waals surface area contributed by atoms with Crippen molar-refractivity contribution in [1.82, 2.24) is 15.5 Å². The van der Waals surface area contributed by atoms with Crippen LogP contribution in [-0.4, -0.2) is 50.6 Å². The Kier molecular flexibility index (Phi) is 7.21. The molecule has 1 amide bonds. The van der Waals surface area contributed by atoms with Gasteiger partial charge < -0.3 is 15.5 Å². The normalized spacial score (nSPS) is 18.1.